The Hall–Kier alpha value is -1.70. The molecule has 1 fully saturated rings. The summed E-state index contributed by atoms with van der Waals surface area (Å²) in [6.45, 7) is 10.1. The quantitative estimate of drug-likeness (QED) is 0.662. The second kappa shape index (κ2) is 10.4. The molecule has 0 aromatic carbocycles. The van der Waals surface area contributed by atoms with Gasteiger partial charge in [-0.25, -0.2) is 4.98 Å². The lowest BCUT2D eigenvalue weighted by atomic mass is 10.0. The van der Waals surface area contributed by atoms with E-state index in [1.54, 1.807) is 25.4 Å². The third-order valence-electron chi connectivity index (χ3n) is 4.79. The highest BCUT2D eigenvalue weighted by Crippen LogP contribution is 2.16. The van der Waals surface area contributed by atoms with Crippen molar-refractivity contribution in [3.05, 3.63) is 23.9 Å². The molecular weight excluding hydrogens is 332 g/mol. The van der Waals surface area contributed by atoms with Crippen LogP contribution in [0.1, 0.15) is 24.2 Å². The van der Waals surface area contributed by atoms with Crippen molar-refractivity contribution in [3.63, 3.8) is 0 Å². The average Bonchev–Trinajstić information content (AvgIpc) is 2.63. The smallest absolute Gasteiger partial charge is 0.256 e. The normalized spacial score (nSPS) is 17.3. The molecule has 1 aliphatic heterocycles. The highest BCUT2D eigenvalue weighted by Gasteiger charge is 2.26. The average molecular weight is 364 g/mol. The van der Waals surface area contributed by atoms with Crippen LogP contribution >= 0.6 is 0 Å². The van der Waals surface area contributed by atoms with Gasteiger partial charge in [0.05, 0.1) is 6.61 Å². The van der Waals surface area contributed by atoms with E-state index in [0.29, 0.717) is 43.2 Å². The van der Waals surface area contributed by atoms with Gasteiger partial charge in [0.1, 0.15) is 12.2 Å². The van der Waals surface area contributed by atoms with Crippen LogP contribution in [-0.4, -0.2) is 86.8 Å². The Balaban J connectivity index is 1.95. The van der Waals surface area contributed by atoms with E-state index in [1.807, 2.05) is 0 Å². The van der Waals surface area contributed by atoms with Gasteiger partial charge in [0.15, 0.2) is 0 Å². The largest absolute Gasteiger partial charge is 0.475 e. The molecule has 0 bridgehead atoms. The van der Waals surface area contributed by atoms with Gasteiger partial charge in [0.2, 0.25) is 5.88 Å². The van der Waals surface area contributed by atoms with Crippen LogP contribution in [0.15, 0.2) is 18.3 Å². The molecule has 1 saturated heterocycles. The molecule has 26 heavy (non-hydrogen) atoms. The summed E-state index contributed by atoms with van der Waals surface area (Å²) >= 11 is 0. The van der Waals surface area contributed by atoms with E-state index in [2.05, 4.69) is 41.0 Å². The molecule has 1 unspecified atom stereocenters. The first-order valence-corrected chi connectivity index (χ1v) is 9.30. The molecule has 0 radical (unpaired) electrons. The summed E-state index contributed by atoms with van der Waals surface area (Å²) in [5, 5.41) is 3.07. The Kier molecular flexibility index (Phi) is 8.28. The van der Waals surface area contributed by atoms with Crippen molar-refractivity contribution in [2.45, 2.75) is 19.9 Å². The Morgan fingerprint density at radius 2 is 2.00 bits per heavy atom. The summed E-state index contributed by atoms with van der Waals surface area (Å²) in [7, 11) is 3.76. The van der Waals surface area contributed by atoms with Crippen molar-refractivity contribution in [2.24, 2.45) is 5.92 Å². The Morgan fingerprint density at radius 1 is 1.27 bits per heavy atom. The molecule has 1 atom stereocenters. The molecule has 1 aliphatic rings. The van der Waals surface area contributed by atoms with Gasteiger partial charge in [-0.3, -0.25) is 9.69 Å². The van der Waals surface area contributed by atoms with Gasteiger partial charge in [-0.2, -0.15) is 0 Å². The zero-order valence-corrected chi connectivity index (χ0v) is 16.4. The molecule has 7 nitrogen and oxygen atoms in total. The maximum atomic E-state index is 12.7. The standard InChI is InChI=1S/C19H32N4O3/c1-15(2)17(23-10-8-22(3)9-11-23)14-21-18(24)16-6-5-7-20-19(16)26-13-12-25-4/h5-7,15,17H,8-14H2,1-4H3,(H,21,24). The van der Waals surface area contributed by atoms with Crippen molar-refractivity contribution in [2.75, 3.05) is 60.1 Å². The fourth-order valence-electron chi connectivity index (χ4n) is 3.13. The lowest BCUT2D eigenvalue weighted by molar-refractivity contribution is 0.0787. The molecule has 0 spiro atoms. The number of carbonyl (C=O) groups excluding carboxylic acids is 1. The molecule has 0 aliphatic carbocycles. The highest BCUT2D eigenvalue weighted by atomic mass is 16.5. The summed E-state index contributed by atoms with van der Waals surface area (Å²) in [6, 6.07) is 3.81. The van der Waals surface area contributed by atoms with Crippen LogP contribution in [0.2, 0.25) is 0 Å². The number of nitrogens with one attached hydrogen (secondary N) is 1. The molecule has 7 heteroatoms. The number of rotatable bonds is 9. The van der Waals surface area contributed by atoms with Crippen molar-refractivity contribution >= 4 is 5.91 Å². The van der Waals surface area contributed by atoms with E-state index >= 15 is 0 Å². The summed E-state index contributed by atoms with van der Waals surface area (Å²) in [4.78, 5) is 21.7. The van der Waals surface area contributed by atoms with Crippen molar-refractivity contribution in [3.8, 4) is 5.88 Å². The predicted molar refractivity (Wildman–Crippen MR) is 102 cm³/mol. The highest BCUT2D eigenvalue weighted by molar-refractivity contribution is 5.96. The first-order chi connectivity index (χ1) is 12.5. The van der Waals surface area contributed by atoms with E-state index in [-0.39, 0.29) is 5.91 Å². The molecule has 0 saturated carbocycles. The van der Waals surface area contributed by atoms with E-state index in [4.69, 9.17) is 9.47 Å². The van der Waals surface area contributed by atoms with Crippen LogP contribution in [0.4, 0.5) is 0 Å². The zero-order valence-electron chi connectivity index (χ0n) is 16.4. The molecule has 1 aromatic rings. The fraction of sp³-hybridized carbons (Fsp3) is 0.684. The molecule has 1 aromatic heterocycles. The SMILES string of the molecule is COCCOc1ncccc1C(=O)NCC(C(C)C)N1CCN(C)CC1. The summed E-state index contributed by atoms with van der Waals surface area (Å²) in [6.07, 6.45) is 1.63. The van der Waals surface area contributed by atoms with E-state index in [1.165, 1.54) is 0 Å². The first kappa shape index (κ1) is 20.6. The maximum Gasteiger partial charge on any atom is 0.256 e. The lowest BCUT2D eigenvalue weighted by Gasteiger charge is -2.39. The summed E-state index contributed by atoms with van der Waals surface area (Å²) in [5.41, 5.74) is 0.462. The van der Waals surface area contributed by atoms with Crippen LogP contribution in [0.3, 0.4) is 0 Å². The van der Waals surface area contributed by atoms with Crippen molar-refractivity contribution in [1.29, 1.82) is 0 Å². The molecule has 1 amide bonds. The van der Waals surface area contributed by atoms with Gasteiger partial charge in [-0.15, -0.1) is 0 Å². The topological polar surface area (TPSA) is 66.9 Å². The van der Waals surface area contributed by atoms with Gasteiger partial charge >= 0.3 is 0 Å². The van der Waals surface area contributed by atoms with Gasteiger partial charge in [-0.05, 0) is 25.1 Å². The minimum Gasteiger partial charge on any atom is -0.475 e. The number of piperazine rings is 1. The van der Waals surface area contributed by atoms with Crippen LogP contribution in [0.25, 0.3) is 0 Å². The predicted octanol–water partition coefficient (Wildman–Crippen LogP) is 1.11. The van der Waals surface area contributed by atoms with Gasteiger partial charge < -0.3 is 19.7 Å². The first-order valence-electron chi connectivity index (χ1n) is 9.30. The Labute approximate surface area is 156 Å². The van der Waals surface area contributed by atoms with Gasteiger partial charge in [-0.1, -0.05) is 13.8 Å². The monoisotopic (exact) mass is 364 g/mol. The zero-order chi connectivity index (χ0) is 18.9. The van der Waals surface area contributed by atoms with Crippen LogP contribution in [0, 0.1) is 5.92 Å². The Morgan fingerprint density at radius 3 is 2.65 bits per heavy atom. The van der Waals surface area contributed by atoms with Gasteiger partial charge in [0, 0.05) is 52.1 Å². The maximum absolute atomic E-state index is 12.7. The fourth-order valence-corrected chi connectivity index (χ4v) is 3.13. The number of pyridine rings is 1. The number of carbonyl (C=O) groups is 1. The molecule has 1 N–H and O–H groups in total. The van der Waals surface area contributed by atoms with Crippen LogP contribution < -0.4 is 10.1 Å². The minimum atomic E-state index is -0.148. The third kappa shape index (κ3) is 5.93. The second-order valence-electron chi connectivity index (χ2n) is 7.06. The molecule has 2 heterocycles. The van der Waals surface area contributed by atoms with Gasteiger partial charge in [0.25, 0.3) is 5.91 Å². The van der Waals surface area contributed by atoms with E-state index in [0.717, 1.165) is 26.2 Å². The lowest BCUT2D eigenvalue weighted by Crippen LogP contribution is -2.54. The summed E-state index contributed by atoms with van der Waals surface area (Å²) in [5.74, 6) is 0.665. The van der Waals surface area contributed by atoms with E-state index in [9.17, 15) is 4.79 Å². The van der Waals surface area contributed by atoms with Crippen LogP contribution in [-0.2, 0) is 4.74 Å². The van der Waals surface area contributed by atoms with E-state index < -0.39 is 0 Å². The number of hydrogen-bond donors (Lipinski definition) is 1. The molecule has 2 rings (SSSR count). The molecular formula is C19H32N4O3. The number of methoxy groups -OCH3 is 1. The van der Waals surface area contributed by atoms with Crippen molar-refractivity contribution < 1.29 is 14.3 Å². The number of ether oxygens (including phenoxy) is 2. The number of nitrogens with zero attached hydrogens (tertiary/aromatic N) is 3. The minimum absolute atomic E-state index is 0.148. The number of amides is 1. The van der Waals surface area contributed by atoms with Crippen molar-refractivity contribution in [1.82, 2.24) is 20.1 Å². The Bertz CT molecular complexity index is 559. The summed E-state index contributed by atoms with van der Waals surface area (Å²) < 4.78 is 10.5. The number of aromatic nitrogens is 1. The third-order valence-corrected chi connectivity index (χ3v) is 4.79. The number of hydrogen-bond acceptors (Lipinski definition) is 6. The molecule has 146 valence electrons. The van der Waals surface area contributed by atoms with Crippen LogP contribution in [0.5, 0.6) is 5.88 Å². The second-order valence-corrected chi connectivity index (χ2v) is 7.06. The number of likely N-dealkylation sites (N-methyl/N-ethyl adjacent to an activating group) is 1.